The lowest BCUT2D eigenvalue weighted by atomic mass is 9.97. The van der Waals surface area contributed by atoms with Crippen LogP contribution < -0.4 is 10.1 Å². The molecule has 0 spiro atoms. The van der Waals surface area contributed by atoms with Crippen LogP contribution in [0.1, 0.15) is 44.7 Å². The Hall–Kier alpha value is -1.06. The summed E-state index contributed by atoms with van der Waals surface area (Å²) in [5.74, 6) is 1.65. The summed E-state index contributed by atoms with van der Waals surface area (Å²) in [6.07, 6.45) is 3.99. The zero-order valence-electron chi connectivity index (χ0n) is 12.9. The number of methoxy groups -OCH3 is 1. The molecule has 3 heteroatoms. The van der Waals surface area contributed by atoms with Crippen molar-refractivity contribution in [1.82, 2.24) is 5.32 Å². The molecule has 1 saturated carbocycles. The van der Waals surface area contributed by atoms with Gasteiger partial charge >= 0.3 is 0 Å². The Labute approximate surface area is 122 Å². The van der Waals surface area contributed by atoms with Gasteiger partial charge < -0.3 is 14.8 Å². The maximum absolute atomic E-state index is 5.77. The van der Waals surface area contributed by atoms with Crippen molar-refractivity contribution in [1.29, 1.82) is 0 Å². The van der Waals surface area contributed by atoms with Gasteiger partial charge in [0, 0.05) is 7.11 Å². The molecule has 0 radical (unpaired) electrons. The zero-order chi connectivity index (χ0) is 14.4. The van der Waals surface area contributed by atoms with Gasteiger partial charge in [-0.1, -0.05) is 19.1 Å². The van der Waals surface area contributed by atoms with Crippen LogP contribution in [0.25, 0.3) is 0 Å². The van der Waals surface area contributed by atoms with Crippen LogP contribution in [-0.2, 0) is 4.74 Å². The fraction of sp³-hybridized carbons (Fsp3) is 0.647. The van der Waals surface area contributed by atoms with Gasteiger partial charge in [0.1, 0.15) is 5.75 Å². The molecule has 0 heterocycles. The normalized spacial score (nSPS) is 17.8. The summed E-state index contributed by atoms with van der Waals surface area (Å²) in [4.78, 5) is 0. The molecule has 2 unspecified atom stereocenters. The number of benzene rings is 1. The first-order chi connectivity index (χ1) is 9.80. The highest BCUT2D eigenvalue weighted by Gasteiger charge is 2.37. The van der Waals surface area contributed by atoms with Crippen LogP contribution in [-0.4, -0.2) is 26.4 Å². The van der Waals surface area contributed by atoms with Gasteiger partial charge in [0.05, 0.1) is 18.8 Å². The summed E-state index contributed by atoms with van der Waals surface area (Å²) in [5.41, 5.74) is 1.29. The Kier molecular flexibility index (Phi) is 5.86. The van der Waals surface area contributed by atoms with Crippen molar-refractivity contribution in [2.75, 3.05) is 20.3 Å². The van der Waals surface area contributed by atoms with Crippen molar-refractivity contribution in [2.24, 2.45) is 5.92 Å². The molecule has 1 N–H and O–H groups in total. The number of rotatable bonds is 9. The van der Waals surface area contributed by atoms with Gasteiger partial charge in [-0.15, -0.1) is 0 Å². The fourth-order valence-electron chi connectivity index (χ4n) is 2.69. The summed E-state index contributed by atoms with van der Waals surface area (Å²) < 4.78 is 11.3. The zero-order valence-corrected chi connectivity index (χ0v) is 12.9. The molecule has 20 heavy (non-hydrogen) atoms. The third-order valence-corrected chi connectivity index (χ3v) is 3.85. The average Bonchev–Trinajstić information content (AvgIpc) is 3.29. The molecule has 1 aliphatic rings. The lowest BCUT2D eigenvalue weighted by Gasteiger charge is -2.27. The van der Waals surface area contributed by atoms with E-state index >= 15 is 0 Å². The van der Waals surface area contributed by atoms with E-state index in [1.165, 1.54) is 18.4 Å². The minimum Gasteiger partial charge on any atom is -0.494 e. The summed E-state index contributed by atoms with van der Waals surface area (Å²) >= 11 is 0. The summed E-state index contributed by atoms with van der Waals surface area (Å²) in [6.45, 7) is 5.93. The Morgan fingerprint density at radius 1 is 1.20 bits per heavy atom. The topological polar surface area (TPSA) is 30.5 Å². The first-order valence-corrected chi connectivity index (χ1v) is 7.79. The lowest BCUT2D eigenvalue weighted by molar-refractivity contribution is 0.0507. The standard InChI is InChI=1S/C17H27NO2/c1-4-12-18-16(17(19-3)14-6-7-14)13-8-10-15(11-9-13)20-5-2/h8-11,14,16-18H,4-7,12H2,1-3H3. The SMILES string of the molecule is CCCNC(c1ccc(OCC)cc1)C(OC)C1CC1. The third kappa shape index (κ3) is 3.97. The smallest absolute Gasteiger partial charge is 0.119 e. The van der Waals surface area contributed by atoms with Crippen LogP contribution in [0.2, 0.25) is 0 Å². The highest BCUT2D eigenvalue weighted by atomic mass is 16.5. The Morgan fingerprint density at radius 3 is 2.40 bits per heavy atom. The second kappa shape index (κ2) is 7.65. The number of ether oxygens (including phenoxy) is 2. The largest absolute Gasteiger partial charge is 0.494 e. The van der Waals surface area contributed by atoms with E-state index in [0.29, 0.717) is 12.5 Å². The van der Waals surface area contributed by atoms with E-state index in [9.17, 15) is 0 Å². The first kappa shape index (κ1) is 15.3. The quantitative estimate of drug-likeness (QED) is 0.749. The van der Waals surface area contributed by atoms with Crippen LogP contribution in [0.4, 0.5) is 0 Å². The van der Waals surface area contributed by atoms with Crippen molar-refractivity contribution >= 4 is 0 Å². The molecule has 0 aromatic heterocycles. The Balaban J connectivity index is 2.11. The molecule has 112 valence electrons. The van der Waals surface area contributed by atoms with Crippen molar-refractivity contribution in [3.05, 3.63) is 29.8 Å². The Bertz CT molecular complexity index is 386. The second-order valence-corrected chi connectivity index (χ2v) is 5.47. The summed E-state index contributed by atoms with van der Waals surface area (Å²) in [7, 11) is 1.83. The van der Waals surface area contributed by atoms with E-state index in [0.717, 1.165) is 18.7 Å². The molecule has 2 atom stereocenters. The molecule has 2 rings (SSSR count). The van der Waals surface area contributed by atoms with Crippen LogP contribution in [0.15, 0.2) is 24.3 Å². The van der Waals surface area contributed by atoms with Crippen LogP contribution in [0.5, 0.6) is 5.75 Å². The van der Waals surface area contributed by atoms with Gasteiger partial charge in [-0.25, -0.2) is 0 Å². The van der Waals surface area contributed by atoms with Crippen molar-refractivity contribution in [3.8, 4) is 5.75 Å². The highest BCUT2D eigenvalue weighted by Crippen LogP contribution is 2.40. The van der Waals surface area contributed by atoms with E-state index < -0.39 is 0 Å². The van der Waals surface area contributed by atoms with Crippen LogP contribution >= 0.6 is 0 Å². The van der Waals surface area contributed by atoms with E-state index in [4.69, 9.17) is 9.47 Å². The van der Waals surface area contributed by atoms with Gasteiger partial charge in [0.2, 0.25) is 0 Å². The number of hydrogen-bond acceptors (Lipinski definition) is 3. The predicted molar refractivity (Wildman–Crippen MR) is 82.2 cm³/mol. The third-order valence-electron chi connectivity index (χ3n) is 3.85. The molecular weight excluding hydrogens is 250 g/mol. The lowest BCUT2D eigenvalue weighted by Crippen LogP contribution is -2.35. The molecule has 0 aliphatic heterocycles. The summed E-state index contributed by atoms with van der Waals surface area (Å²) in [5, 5.41) is 3.64. The Morgan fingerprint density at radius 2 is 1.90 bits per heavy atom. The first-order valence-electron chi connectivity index (χ1n) is 7.79. The van der Waals surface area contributed by atoms with Gasteiger partial charge in [0.25, 0.3) is 0 Å². The van der Waals surface area contributed by atoms with Crippen LogP contribution in [0, 0.1) is 5.92 Å². The monoisotopic (exact) mass is 277 g/mol. The molecule has 1 aromatic rings. The van der Waals surface area contributed by atoms with E-state index in [1.807, 2.05) is 14.0 Å². The van der Waals surface area contributed by atoms with Crippen molar-refractivity contribution < 1.29 is 9.47 Å². The highest BCUT2D eigenvalue weighted by molar-refractivity contribution is 5.30. The van der Waals surface area contributed by atoms with Gasteiger partial charge in [-0.05, 0) is 56.3 Å². The molecule has 1 aliphatic carbocycles. The molecule has 3 nitrogen and oxygen atoms in total. The van der Waals surface area contributed by atoms with Crippen LogP contribution in [0.3, 0.4) is 0 Å². The van der Waals surface area contributed by atoms with Gasteiger partial charge in [-0.2, -0.15) is 0 Å². The molecule has 0 bridgehead atoms. The van der Waals surface area contributed by atoms with E-state index in [-0.39, 0.29) is 12.1 Å². The predicted octanol–water partition coefficient (Wildman–Crippen LogP) is 3.55. The minimum absolute atomic E-state index is 0.277. The maximum atomic E-state index is 5.77. The molecule has 0 amide bonds. The number of hydrogen-bond donors (Lipinski definition) is 1. The van der Waals surface area contributed by atoms with Gasteiger partial charge in [0.15, 0.2) is 0 Å². The molecular formula is C17H27NO2. The van der Waals surface area contributed by atoms with E-state index in [2.05, 4.69) is 36.5 Å². The van der Waals surface area contributed by atoms with Gasteiger partial charge in [-0.3, -0.25) is 0 Å². The van der Waals surface area contributed by atoms with Crippen molar-refractivity contribution in [2.45, 2.75) is 45.3 Å². The summed E-state index contributed by atoms with van der Waals surface area (Å²) in [6, 6.07) is 8.71. The van der Waals surface area contributed by atoms with Crippen molar-refractivity contribution in [3.63, 3.8) is 0 Å². The molecule has 1 aromatic carbocycles. The average molecular weight is 277 g/mol. The number of nitrogens with one attached hydrogen (secondary N) is 1. The fourth-order valence-corrected chi connectivity index (χ4v) is 2.69. The molecule has 1 fully saturated rings. The molecule has 0 saturated heterocycles. The second-order valence-electron chi connectivity index (χ2n) is 5.47. The van der Waals surface area contributed by atoms with E-state index in [1.54, 1.807) is 0 Å². The maximum Gasteiger partial charge on any atom is 0.119 e. The minimum atomic E-state index is 0.277.